The van der Waals surface area contributed by atoms with Crippen LogP contribution in [0.4, 0.5) is 0 Å². The molecule has 2 rings (SSSR count). The number of aromatic nitrogens is 3. The second-order valence-electron chi connectivity index (χ2n) is 4.99. The highest BCUT2D eigenvalue weighted by Crippen LogP contribution is 2.16. The second kappa shape index (κ2) is 6.43. The van der Waals surface area contributed by atoms with Crippen LogP contribution in [-0.4, -0.2) is 21.0 Å². The molecule has 0 unspecified atom stereocenters. The zero-order chi connectivity index (χ0) is 14.5. The van der Waals surface area contributed by atoms with Gasteiger partial charge < -0.3 is 10.3 Å². The normalized spacial score (nSPS) is 11.0. The van der Waals surface area contributed by atoms with Gasteiger partial charge in [-0.25, -0.2) is 4.98 Å². The minimum Gasteiger partial charge on any atom is -0.309 e. The minimum atomic E-state index is -0.150. The summed E-state index contributed by atoms with van der Waals surface area (Å²) in [6.45, 7) is 6.75. The molecule has 0 radical (unpaired) electrons. The topological polar surface area (TPSA) is 70.7 Å². The Morgan fingerprint density at radius 2 is 2.20 bits per heavy atom. The van der Waals surface area contributed by atoms with Crippen molar-refractivity contribution in [2.24, 2.45) is 0 Å². The van der Waals surface area contributed by atoms with Crippen LogP contribution >= 0.6 is 0 Å². The molecule has 2 N–H and O–H groups in total. The van der Waals surface area contributed by atoms with E-state index in [1.807, 2.05) is 12.1 Å². The monoisotopic (exact) mass is 272 g/mol. The Kier molecular flexibility index (Phi) is 4.63. The van der Waals surface area contributed by atoms with Crippen LogP contribution in [0.5, 0.6) is 0 Å². The molecule has 2 aromatic heterocycles. The van der Waals surface area contributed by atoms with E-state index in [1.54, 1.807) is 6.20 Å². The summed E-state index contributed by atoms with van der Waals surface area (Å²) in [4.78, 5) is 23.4. The molecule has 0 bridgehead atoms. The standard InChI is InChI=1S/C15H20N4O/c1-4-11-6-5-7-16-14(11)15-18-12(8-13(20)19-15)9-17-10(2)3/h5-8,10,17H,4,9H2,1-3H3,(H,18,19,20). The maximum atomic E-state index is 11.8. The van der Waals surface area contributed by atoms with E-state index < -0.39 is 0 Å². The molecule has 0 atom stereocenters. The van der Waals surface area contributed by atoms with Gasteiger partial charge in [-0.2, -0.15) is 0 Å². The predicted octanol–water partition coefficient (Wildman–Crippen LogP) is 1.89. The fourth-order valence-corrected chi connectivity index (χ4v) is 1.96. The molecule has 5 heteroatoms. The number of rotatable bonds is 5. The molecule has 5 nitrogen and oxygen atoms in total. The van der Waals surface area contributed by atoms with Crippen LogP contribution in [0.1, 0.15) is 32.0 Å². The van der Waals surface area contributed by atoms with Gasteiger partial charge in [0.05, 0.1) is 5.69 Å². The van der Waals surface area contributed by atoms with Crippen LogP contribution in [0.15, 0.2) is 29.2 Å². The van der Waals surface area contributed by atoms with E-state index >= 15 is 0 Å². The van der Waals surface area contributed by atoms with Crippen molar-refractivity contribution in [1.82, 2.24) is 20.3 Å². The van der Waals surface area contributed by atoms with Gasteiger partial charge in [0, 0.05) is 24.8 Å². The number of hydrogen-bond acceptors (Lipinski definition) is 4. The first-order valence-electron chi connectivity index (χ1n) is 6.88. The summed E-state index contributed by atoms with van der Waals surface area (Å²) < 4.78 is 0. The van der Waals surface area contributed by atoms with Gasteiger partial charge in [-0.15, -0.1) is 0 Å². The van der Waals surface area contributed by atoms with Crippen LogP contribution in [0.25, 0.3) is 11.5 Å². The molecule has 20 heavy (non-hydrogen) atoms. The third-order valence-corrected chi connectivity index (χ3v) is 2.98. The zero-order valence-electron chi connectivity index (χ0n) is 12.1. The van der Waals surface area contributed by atoms with Gasteiger partial charge in [0.15, 0.2) is 5.82 Å². The molecule has 106 valence electrons. The van der Waals surface area contributed by atoms with Gasteiger partial charge in [-0.1, -0.05) is 26.8 Å². The van der Waals surface area contributed by atoms with E-state index in [1.165, 1.54) is 6.07 Å². The van der Waals surface area contributed by atoms with E-state index in [4.69, 9.17) is 0 Å². The van der Waals surface area contributed by atoms with Crippen LogP contribution in [0.3, 0.4) is 0 Å². The Hall–Kier alpha value is -2.01. The average Bonchev–Trinajstić information content (AvgIpc) is 2.44. The molecule has 0 aliphatic carbocycles. The summed E-state index contributed by atoms with van der Waals surface area (Å²) in [5.41, 5.74) is 2.40. The van der Waals surface area contributed by atoms with E-state index in [0.717, 1.165) is 23.4 Å². The SMILES string of the molecule is CCc1cccnc1-c1nc(CNC(C)C)cc(=O)[nH]1. The van der Waals surface area contributed by atoms with Crippen LogP contribution in [0, 0.1) is 0 Å². The minimum absolute atomic E-state index is 0.150. The lowest BCUT2D eigenvalue weighted by molar-refractivity contribution is 0.580. The van der Waals surface area contributed by atoms with Crippen molar-refractivity contribution in [2.45, 2.75) is 39.8 Å². The summed E-state index contributed by atoms with van der Waals surface area (Å²) in [6.07, 6.45) is 2.56. The lowest BCUT2D eigenvalue weighted by atomic mass is 10.1. The van der Waals surface area contributed by atoms with Crippen LogP contribution in [0.2, 0.25) is 0 Å². The number of H-pyrrole nitrogens is 1. The van der Waals surface area contributed by atoms with E-state index in [0.29, 0.717) is 18.4 Å². The molecule has 2 aromatic rings. The molecular weight excluding hydrogens is 252 g/mol. The summed E-state index contributed by atoms with van der Waals surface area (Å²) in [6, 6.07) is 5.76. The molecular formula is C15H20N4O. The summed E-state index contributed by atoms with van der Waals surface area (Å²) in [7, 11) is 0. The highest BCUT2D eigenvalue weighted by atomic mass is 16.1. The lowest BCUT2D eigenvalue weighted by Crippen LogP contribution is -2.24. The molecule has 0 aliphatic heterocycles. The first-order valence-corrected chi connectivity index (χ1v) is 6.88. The fourth-order valence-electron chi connectivity index (χ4n) is 1.96. The molecule has 0 fully saturated rings. The first-order chi connectivity index (χ1) is 9.60. The molecule has 2 heterocycles. The van der Waals surface area contributed by atoms with Crippen molar-refractivity contribution in [1.29, 1.82) is 0 Å². The Labute approximate surface area is 118 Å². The van der Waals surface area contributed by atoms with Gasteiger partial charge >= 0.3 is 0 Å². The van der Waals surface area contributed by atoms with Gasteiger partial charge in [0.1, 0.15) is 5.69 Å². The Bertz CT molecular complexity index is 634. The number of pyridine rings is 1. The zero-order valence-corrected chi connectivity index (χ0v) is 12.1. The second-order valence-corrected chi connectivity index (χ2v) is 4.99. The van der Waals surface area contributed by atoms with Gasteiger partial charge in [-0.3, -0.25) is 9.78 Å². The van der Waals surface area contributed by atoms with Gasteiger partial charge in [0.2, 0.25) is 0 Å². The number of nitrogens with one attached hydrogen (secondary N) is 2. The molecule has 0 aromatic carbocycles. The summed E-state index contributed by atoms with van der Waals surface area (Å²) in [5, 5.41) is 3.26. The largest absolute Gasteiger partial charge is 0.309 e. The third-order valence-electron chi connectivity index (χ3n) is 2.98. The predicted molar refractivity (Wildman–Crippen MR) is 79.4 cm³/mol. The number of aryl methyl sites for hydroxylation is 1. The third kappa shape index (κ3) is 3.51. The maximum Gasteiger partial charge on any atom is 0.251 e. The van der Waals surface area contributed by atoms with Crippen molar-refractivity contribution >= 4 is 0 Å². The van der Waals surface area contributed by atoms with E-state index in [9.17, 15) is 4.79 Å². The van der Waals surface area contributed by atoms with Crippen LogP contribution in [-0.2, 0) is 13.0 Å². The van der Waals surface area contributed by atoms with Crippen molar-refractivity contribution < 1.29 is 0 Å². The van der Waals surface area contributed by atoms with Crippen molar-refractivity contribution in [3.05, 3.63) is 46.0 Å². The molecule has 0 aliphatic rings. The number of aromatic amines is 1. The maximum absolute atomic E-state index is 11.8. The first kappa shape index (κ1) is 14.4. The lowest BCUT2D eigenvalue weighted by Gasteiger charge is -2.09. The summed E-state index contributed by atoms with van der Waals surface area (Å²) in [5.74, 6) is 0.538. The summed E-state index contributed by atoms with van der Waals surface area (Å²) >= 11 is 0. The van der Waals surface area contributed by atoms with Crippen molar-refractivity contribution in [3.63, 3.8) is 0 Å². The van der Waals surface area contributed by atoms with Crippen molar-refractivity contribution in [2.75, 3.05) is 0 Å². The molecule has 0 saturated carbocycles. The highest BCUT2D eigenvalue weighted by Gasteiger charge is 2.09. The Balaban J connectivity index is 2.39. The quantitative estimate of drug-likeness (QED) is 0.872. The fraction of sp³-hybridized carbons (Fsp3) is 0.400. The van der Waals surface area contributed by atoms with Crippen LogP contribution < -0.4 is 10.9 Å². The van der Waals surface area contributed by atoms with Gasteiger partial charge in [0.25, 0.3) is 5.56 Å². The Morgan fingerprint density at radius 3 is 2.90 bits per heavy atom. The van der Waals surface area contributed by atoms with E-state index in [2.05, 4.69) is 41.0 Å². The number of nitrogens with zero attached hydrogens (tertiary/aromatic N) is 2. The Morgan fingerprint density at radius 1 is 1.40 bits per heavy atom. The average molecular weight is 272 g/mol. The highest BCUT2D eigenvalue weighted by molar-refractivity contribution is 5.54. The number of hydrogen-bond donors (Lipinski definition) is 2. The van der Waals surface area contributed by atoms with Gasteiger partial charge in [-0.05, 0) is 18.1 Å². The molecule has 0 saturated heterocycles. The molecule has 0 spiro atoms. The smallest absolute Gasteiger partial charge is 0.251 e. The molecule has 0 amide bonds. The van der Waals surface area contributed by atoms with Crippen molar-refractivity contribution in [3.8, 4) is 11.5 Å². The van der Waals surface area contributed by atoms with E-state index in [-0.39, 0.29) is 5.56 Å².